The highest BCUT2D eigenvalue weighted by atomic mass is 32.2. The first-order chi connectivity index (χ1) is 12.7. The fraction of sp³-hybridized carbons (Fsp3) is 0.632. The van der Waals surface area contributed by atoms with Gasteiger partial charge in [-0.2, -0.15) is 4.31 Å². The molecule has 1 saturated heterocycles. The van der Waals surface area contributed by atoms with Crippen molar-refractivity contribution >= 4 is 16.1 Å². The van der Waals surface area contributed by atoms with E-state index in [2.05, 4.69) is 0 Å². The number of benzene rings is 1. The summed E-state index contributed by atoms with van der Waals surface area (Å²) in [5.74, 6) is 0.586. The summed E-state index contributed by atoms with van der Waals surface area (Å²) in [4.78, 5) is 13.6. The Morgan fingerprint density at radius 1 is 1.11 bits per heavy atom. The van der Waals surface area contributed by atoms with E-state index < -0.39 is 16.1 Å². The average molecular weight is 399 g/mol. The van der Waals surface area contributed by atoms with E-state index in [0.717, 1.165) is 11.1 Å². The van der Waals surface area contributed by atoms with E-state index >= 15 is 0 Å². The minimum absolute atomic E-state index is 0.197. The van der Waals surface area contributed by atoms with Crippen molar-refractivity contribution in [1.29, 1.82) is 0 Å². The average Bonchev–Trinajstić information content (AvgIpc) is 2.62. The number of carbonyl (C=O) groups excluding carboxylic acids is 1. The Hall–Kier alpha value is -1.80. The number of aryl methyl sites for hydroxylation is 1. The lowest BCUT2D eigenvalue weighted by atomic mass is 9.98. The summed E-state index contributed by atoms with van der Waals surface area (Å²) in [6.45, 7) is 11.4. The van der Waals surface area contributed by atoms with Gasteiger partial charge in [0.15, 0.2) is 0 Å². The van der Waals surface area contributed by atoms with Gasteiger partial charge in [-0.3, -0.25) is 0 Å². The van der Waals surface area contributed by atoms with Gasteiger partial charge in [-0.1, -0.05) is 13.8 Å². The van der Waals surface area contributed by atoms with Gasteiger partial charge in [0, 0.05) is 26.2 Å². The number of rotatable bonds is 6. The molecule has 1 aromatic rings. The molecule has 0 N–H and O–H groups in total. The van der Waals surface area contributed by atoms with Crippen LogP contribution in [0.25, 0.3) is 0 Å². The Morgan fingerprint density at radius 2 is 1.74 bits per heavy atom. The summed E-state index contributed by atoms with van der Waals surface area (Å²) in [6.07, 6.45) is -0.401. The van der Waals surface area contributed by atoms with E-state index in [4.69, 9.17) is 9.47 Å². The van der Waals surface area contributed by atoms with Crippen LogP contribution in [0.1, 0.15) is 44.7 Å². The van der Waals surface area contributed by atoms with Crippen molar-refractivity contribution in [3.05, 3.63) is 23.3 Å². The molecule has 1 aliphatic rings. The molecule has 7 nitrogen and oxygen atoms in total. The summed E-state index contributed by atoms with van der Waals surface area (Å²) < 4.78 is 38.6. The number of sulfonamides is 1. The second-order valence-electron chi connectivity index (χ2n) is 6.83. The maximum Gasteiger partial charge on any atom is 0.409 e. The fourth-order valence-electron chi connectivity index (χ4n) is 3.23. The highest BCUT2D eigenvalue weighted by molar-refractivity contribution is 7.89. The van der Waals surface area contributed by atoms with E-state index in [0.29, 0.717) is 32.1 Å². The lowest BCUT2D eigenvalue weighted by molar-refractivity contribution is 0.0933. The van der Waals surface area contributed by atoms with Crippen LogP contribution in [0, 0.1) is 6.92 Å². The number of carbonyl (C=O) groups is 1. The molecule has 1 amide bonds. The SMILES string of the molecule is CCOC(=O)N1CCN(S(=O)(=O)c2cc(C(C)C)c(C)cc2OCC)CC1. The van der Waals surface area contributed by atoms with Gasteiger partial charge in [-0.05, 0) is 49.9 Å². The van der Waals surface area contributed by atoms with Crippen LogP contribution in [0.15, 0.2) is 17.0 Å². The van der Waals surface area contributed by atoms with E-state index in [1.54, 1.807) is 19.1 Å². The summed E-state index contributed by atoms with van der Waals surface area (Å²) in [5, 5.41) is 0. The topological polar surface area (TPSA) is 76.2 Å². The zero-order chi connectivity index (χ0) is 20.2. The van der Waals surface area contributed by atoms with Crippen molar-refractivity contribution in [2.24, 2.45) is 0 Å². The third-order valence-electron chi connectivity index (χ3n) is 4.64. The number of hydrogen-bond donors (Lipinski definition) is 0. The zero-order valence-electron chi connectivity index (χ0n) is 16.8. The van der Waals surface area contributed by atoms with Gasteiger partial charge < -0.3 is 14.4 Å². The molecule has 0 radical (unpaired) electrons. The van der Waals surface area contributed by atoms with E-state index in [1.807, 2.05) is 27.7 Å². The molecular formula is C19H30N2O5S. The van der Waals surface area contributed by atoms with Crippen LogP contribution in [-0.4, -0.2) is 63.1 Å². The van der Waals surface area contributed by atoms with Gasteiger partial charge in [0.2, 0.25) is 10.0 Å². The first-order valence-corrected chi connectivity index (χ1v) is 10.9. The quantitative estimate of drug-likeness (QED) is 0.736. The first kappa shape index (κ1) is 21.5. The van der Waals surface area contributed by atoms with Crippen LogP contribution in [0.3, 0.4) is 0 Å². The molecule has 0 unspecified atom stereocenters. The number of piperazine rings is 1. The number of amides is 1. The van der Waals surface area contributed by atoms with E-state index in [-0.39, 0.29) is 23.9 Å². The Labute approximate surface area is 162 Å². The smallest absolute Gasteiger partial charge is 0.409 e. The highest BCUT2D eigenvalue weighted by Crippen LogP contribution is 2.33. The normalized spacial score (nSPS) is 15.9. The third kappa shape index (κ3) is 4.73. The molecule has 152 valence electrons. The fourth-order valence-corrected chi connectivity index (χ4v) is 4.80. The molecule has 0 spiro atoms. The molecule has 27 heavy (non-hydrogen) atoms. The molecule has 2 rings (SSSR count). The van der Waals surface area contributed by atoms with E-state index in [9.17, 15) is 13.2 Å². The molecule has 0 atom stereocenters. The molecule has 0 saturated carbocycles. The van der Waals surface area contributed by atoms with Crippen molar-refractivity contribution in [2.45, 2.75) is 45.4 Å². The van der Waals surface area contributed by atoms with E-state index in [1.165, 1.54) is 9.21 Å². The van der Waals surface area contributed by atoms with Crippen molar-refractivity contribution < 1.29 is 22.7 Å². The van der Waals surface area contributed by atoms with Crippen LogP contribution in [-0.2, 0) is 14.8 Å². The molecule has 8 heteroatoms. The minimum Gasteiger partial charge on any atom is -0.492 e. The van der Waals surface area contributed by atoms with Crippen molar-refractivity contribution in [3.8, 4) is 5.75 Å². The van der Waals surface area contributed by atoms with Crippen molar-refractivity contribution in [2.75, 3.05) is 39.4 Å². The van der Waals surface area contributed by atoms with Gasteiger partial charge >= 0.3 is 6.09 Å². The molecule has 1 fully saturated rings. The second-order valence-corrected chi connectivity index (χ2v) is 8.74. The van der Waals surface area contributed by atoms with Crippen molar-refractivity contribution in [3.63, 3.8) is 0 Å². The van der Waals surface area contributed by atoms with Crippen molar-refractivity contribution in [1.82, 2.24) is 9.21 Å². The summed E-state index contributed by atoms with van der Waals surface area (Å²) >= 11 is 0. The molecule has 1 aromatic carbocycles. The van der Waals surface area contributed by atoms with Gasteiger partial charge in [-0.25, -0.2) is 13.2 Å². The molecule has 1 aliphatic heterocycles. The van der Waals surface area contributed by atoms with Gasteiger partial charge in [0.05, 0.1) is 13.2 Å². The van der Waals surface area contributed by atoms with Crippen LogP contribution < -0.4 is 4.74 Å². The molecule has 1 heterocycles. The molecular weight excluding hydrogens is 368 g/mol. The zero-order valence-corrected chi connectivity index (χ0v) is 17.6. The first-order valence-electron chi connectivity index (χ1n) is 9.41. The Bertz CT molecular complexity index is 769. The third-order valence-corrected chi connectivity index (χ3v) is 6.56. The number of nitrogens with zero attached hydrogens (tertiary/aromatic N) is 2. The standard InChI is InChI=1S/C19H30N2O5S/c1-6-25-17-12-15(5)16(14(3)4)13-18(17)27(23,24)21-10-8-20(9-11-21)19(22)26-7-2/h12-14H,6-11H2,1-5H3. The number of ether oxygens (including phenoxy) is 2. The Balaban J connectivity index is 2.31. The summed E-state index contributed by atoms with van der Waals surface area (Å²) in [6, 6.07) is 3.54. The lowest BCUT2D eigenvalue weighted by Crippen LogP contribution is -2.50. The molecule has 0 bridgehead atoms. The van der Waals surface area contributed by atoms with Crippen LogP contribution >= 0.6 is 0 Å². The largest absolute Gasteiger partial charge is 0.492 e. The number of hydrogen-bond acceptors (Lipinski definition) is 5. The Kier molecular flexibility index (Phi) is 7.11. The lowest BCUT2D eigenvalue weighted by Gasteiger charge is -2.33. The summed E-state index contributed by atoms with van der Waals surface area (Å²) in [7, 11) is -3.72. The van der Waals surface area contributed by atoms with Crippen LogP contribution in [0.5, 0.6) is 5.75 Å². The predicted octanol–water partition coefficient (Wildman–Crippen LogP) is 2.98. The van der Waals surface area contributed by atoms with Gasteiger partial charge in [0.1, 0.15) is 10.6 Å². The predicted molar refractivity (Wildman–Crippen MR) is 104 cm³/mol. The summed E-state index contributed by atoms with van der Waals surface area (Å²) in [5.41, 5.74) is 2.00. The van der Waals surface area contributed by atoms with Crippen LogP contribution in [0.2, 0.25) is 0 Å². The van der Waals surface area contributed by atoms with Crippen LogP contribution in [0.4, 0.5) is 4.79 Å². The highest BCUT2D eigenvalue weighted by Gasteiger charge is 2.33. The maximum atomic E-state index is 13.3. The molecule has 0 aliphatic carbocycles. The Morgan fingerprint density at radius 3 is 2.26 bits per heavy atom. The monoisotopic (exact) mass is 398 g/mol. The maximum absolute atomic E-state index is 13.3. The molecule has 0 aromatic heterocycles. The van der Waals surface area contributed by atoms with Gasteiger partial charge in [0.25, 0.3) is 0 Å². The minimum atomic E-state index is -3.72. The van der Waals surface area contributed by atoms with Gasteiger partial charge in [-0.15, -0.1) is 0 Å². The second kappa shape index (κ2) is 8.93.